The quantitative estimate of drug-likeness (QED) is 0.246. The van der Waals surface area contributed by atoms with Crippen LogP contribution in [-0.2, 0) is 30.2 Å². The molecule has 13 nitrogen and oxygen atoms in total. The van der Waals surface area contributed by atoms with Crippen LogP contribution in [0.25, 0.3) is 11.6 Å². The first-order valence-electron chi connectivity index (χ1n) is 13.1. The number of aromatic hydroxyl groups is 1. The molecule has 3 aliphatic carbocycles. The Bertz CT molecular complexity index is 1790. The molecule has 2 aromatic carbocycles. The highest BCUT2D eigenvalue weighted by atomic mass is 32.2. The van der Waals surface area contributed by atoms with Crippen LogP contribution in [0.3, 0.4) is 0 Å². The molecule has 1 amide bonds. The van der Waals surface area contributed by atoms with Crippen molar-refractivity contribution in [3.63, 3.8) is 0 Å². The molecule has 0 bridgehead atoms. The number of benzene rings is 2. The number of carbonyl (C=O) groups is 5. The summed E-state index contributed by atoms with van der Waals surface area (Å²) in [5, 5.41) is 25.4. The second-order valence-electron chi connectivity index (χ2n) is 11.4. The number of likely N-dealkylation sites (N-methyl/N-ethyl adjacent to an activating group) is 1. The number of amides is 1. The molecule has 2 fully saturated rings. The van der Waals surface area contributed by atoms with Gasteiger partial charge in [0.2, 0.25) is 5.91 Å². The van der Waals surface area contributed by atoms with Crippen LogP contribution in [-0.4, -0.2) is 79.7 Å². The summed E-state index contributed by atoms with van der Waals surface area (Å²) in [7, 11) is -0.187. The van der Waals surface area contributed by atoms with Crippen LogP contribution in [0, 0.1) is 34.4 Å². The van der Waals surface area contributed by atoms with Gasteiger partial charge in [0.25, 0.3) is 0 Å². The maximum atomic E-state index is 14.7. The van der Waals surface area contributed by atoms with Crippen molar-refractivity contribution in [1.82, 2.24) is 4.90 Å². The van der Waals surface area contributed by atoms with E-state index in [9.17, 15) is 42.9 Å². The van der Waals surface area contributed by atoms with E-state index in [-0.39, 0.29) is 16.7 Å². The molecule has 2 saturated carbocycles. The number of nitriles is 1. The summed E-state index contributed by atoms with van der Waals surface area (Å²) in [6.45, 7) is 0. The van der Waals surface area contributed by atoms with Gasteiger partial charge in [0.1, 0.15) is 17.5 Å². The topological polar surface area (TPSA) is 254 Å². The summed E-state index contributed by atoms with van der Waals surface area (Å²) in [5.41, 5.74) is 10.7. The van der Waals surface area contributed by atoms with Gasteiger partial charge < -0.3 is 22.3 Å². The van der Waals surface area contributed by atoms with Crippen LogP contribution in [0.5, 0.6) is 5.75 Å². The van der Waals surface area contributed by atoms with E-state index in [1.54, 1.807) is 6.07 Å². The number of hydrogen-bond acceptors (Lipinski definition) is 11. The second kappa shape index (κ2) is 10.0. The van der Waals surface area contributed by atoms with Crippen molar-refractivity contribution < 1.29 is 37.7 Å². The fourth-order valence-electron chi connectivity index (χ4n) is 7.32. The number of nitrogens with two attached hydrogens (primary N) is 4. The fraction of sp³-hybridized carbons (Fsp3) is 0.310. The molecular formula is C29H27FN6O7S. The number of halogens is 1. The summed E-state index contributed by atoms with van der Waals surface area (Å²) in [6, 6.07) is 8.53. The van der Waals surface area contributed by atoms with Gasteiger partial charge in [-0.15, -0.1) is 0 Å². The van der Waals surface area contributed by atoms with E-state index in [0.717, 1.165) is 23.1 Å². The summed E-state index contributed by atoms with van der Waals surface area (Å²) < 4.78 is 27.5. The van der Waals surface area contributed by atoms with Crippen molar-refractivity contribution >= 4 is 51.7 Å². The van der Waals surface area contributed by atoms with Gasteiger partial charge in [0.05, 0.1) is 45.0 Å². The molecule has 5 rings (SSSR count). The van der Waals surface area contributed by atoms with E-state index in [4.69, 9.17) is 22.3 Å². The Morgan fingerprint density at radius 1 is 1.09 bits per heavy atom. The van der Waals surface area contributed by atoms with Crippen molar-refractivity contribution in [2.45, 2.75) is 22.4 Å². The third-order valence-electron chi connectivity index (χ3n) is 8.95. The summed E-state index contributed by atoms with van der Waals surface area (Å²) in [5.74, 6) is -12.6. The van der Waals surface area contributed by atoms with Crippen LogP contribution in [0.15, 0.2) is 42.5 Å². The molecule has 3 unspecified atom stereocenters. The number of phenols is 1. The molecule has 0 aliphatic heterocycles. The number of rotatable bonds is 4. The molecule has 0 saturated heterocycles. The van der Waals surface area contributed by atoms with Gasteiger partial charge in [0, 0.05) is 0 Å². The molecule has 0 radical (unpaired) electrons. The molecule has 0 spiro atoms. The minimum atomic E-state index is -3.18. The first kappa shape index (κ1) is 31.0. The van der Waals surface area contributed by atoms with Crippen molar-refractivity contribution in [3.05, 3.63) is 65.0 Å². The number of ketones is 4. The predicted molar refractivity (Wildman–Crippen MR) is 153 cm³/mol. The summed E-state index contributed by atoms with van der Waals surface area (Å²) >= 11 is 0. The Morgan fingerprint density at radius 2 is 1.70 bits per heavy atom. The number of Topliss-reactive ketones (excluding diaryl/α,β-unsaturated/α-hetero) is 4. The zero-order valence-corrected chi connectivity index (χ0v) is 24.1. The normalized spacial score (nSPS) is 34.6. The number of primary amides is 1. The van der Waals surface area contributed by atoms with E-state index in [0.29, 0.717) is 0 Å². The van der Waals surface area contributed by atoms with Gasteiger partial charge in [-0.1, -0.05) is 24.3 Å². The largest absolute Gasteiger partial charge is 0.507 e. The highest BCUT2D eigenvalue weighted by Crippen LogP contribution is 2.60. The van der Waals surface area contributed by atoms with E-state index in [1.165, 1.54) is 44.4 Å². The van der Waals surface area contributed by atoms with Gasteiger partial charge in [-0.05, 0) is 55.1 Å². The van der Waals surface area contributed by atoms with Gasteiger partial charge in [0.15, 0.2) is 34.5 Å². The van der Waals surface area contributed by atoms with Crippen LogP contribution >= 0.6 is 0 Å². The van der Waals surface area contributed by atoms with Crippen LogP contribution in [0.1, 0.15) is 21.5 Å². The number of fused-ring (bicyclic) bond motifs is 3. The Kier molecular flexibility index (Phi) is 7.07. The molecule has 15 heteroatoms. The highest BCUT2D eigenvalue weighted by molar-refractivity contribution is 7.83. The number of carbonyl (C=O) groups excluding carboxylic acids is 5. The van der Waals surface area contributed by atoms with Crippen molar-refractivity contribution in [2.75, 3.05) is 14.1 Å². The van der Waals surface area contributed by atoms with Crippen molar-refractivity contribution in [2.24, 2.45) is 39.6 Å². The molecule has 228 valence electrons. The maximum Gasteiger partial charge on any atom is 0.235 e. The van der Waals surface area contributed by atoms with Gasteiger partial charge >= 0.3 is 0 Å². The Morgan fingerprint density at radius 3 is 2.23 bits per heavy atom. The van der Waals surface area contributed by atoms with E-state index in [2.05, 4.69) is 0 Å². The summed E-state index contributed by atoms with van der Waals surface area (Å²) in [6.07, 6.45) is 1.34. The van der Waals surface area contributed by atoms with E-state index in [1.807, 2.05) is 0 Å². The molecule has 0 aromatic heterocycles. The van der Waals surface area contributed by atoms with Gasteiger partial charge in [-0.3, -0.25) is 34.0 Å². The lowest BCUT2D eigenvalue weighted by atomic mass is 9.42. The minimum Gasteiger partial charge on any atom is -0.507 e. The lowest BCUT2D eigenvalue weighted by Crippen LogP contribution is -2.92. The second-order valence-corrected chi connectivity index (χ2v) is 12.5. The van der Waals surface area contributed by atoms with Crippen molar-refractivity contribution in [3.8, 4) is 11.8 Å². The third-order valence-corrected chi connectivity index (χ3v) is 10.2. The standard InChI is InChI=1S/C29H27FN6O7S/c1-36(2)22-21(39)18(25(32)42)23(40)27(11-31)24(41)19-20(38)17-14(4-3-5-16(17)37)15(10-12-6-8-13(30)9-7-12)28(19,33)26(44(35)43)29(22,27)34/h3-10,18-19,22,26,37H,33-35H2,1-2H3,(H2,32,42)/t18?,19?,22-,26+,27+,28+,29+,44?/m1/s1. The molecule has 44 heavy (non-hydrogen) atoms. The highest BCUT2D eigenvalue weighted by Gasteiger charge is 2.83. The van der Waals surface area contributed by atoms with Crippen LogP contribution in [0.4, 0.5) is 4.39 Å². The third kappa shape index (κ3) is 3.63. The molecule has 8 atom stereocenters. The first-order valence-corrected chi connectivity index (χ1v) is 14.4. The zero-order valence-electron chi connectivity index (χ0n) is 23.3. The monoisotopic (exact) mass is 622 g/mol. The van der Waals surface area contributed by atoms with E-state index < -0.39 is 96.8 Å². The van der Waals surface area contributed by atoms with Gasteiger partial charge in [-0.2, -0.15) is 5.26 Å². The average molecular weight is 623 g/mol. The zero-order chi connectivity index (χ0) is 32.7. The Balaban J connectivity index is 1.99. The molecule has 2 aromatic rings. The number of nitrogens with zero attached hydrogens (tertiary/aromatic N) is 2. The van der Waals surface area contributed by atoms with Crippen LogP contribution in [0.2, 0.25) is 0 Å². The average Bonchev–Trinajstić information content (AvgIpc) is 2.91. The number of hydrogen-bond donors (Lipinski definition) is 5. The molecule has 9 N–H and O–H groups in total. The molecular weight excluding hydrogens is 595 g/mol. The van der Waals surface area contributed by atoms with Crippen molar-refractivity contribution in [1.29, 1.82) is 5.26 Å². The van der Waals surface area contributed by atoms with E-state index >= 15 is 0 Å². The maximum absolute atomic E-state index is 14.7. The summed E-state index contributed by atoms with van der Waals surface area (Å²) in [4.78, 5) is 70.4. The molecule has 3 aliphatic rings. The number of phenolic OH excluding ortho intramolecular Hbond substituents is 1. The minimum absolute atomic E-state index is 0.0285. The lowest BCUT2D eigenvalue weighted by molar-refractivity contribution is -0.164. The lowest BCUT2D eigenvalue weighted by Gasteiger charge is -2.64. The van der Waals surface area contributed by atoms with Gasteiger partial charge in [-0.25, -0.2) is 8.60 Å². The fourth-order valence-corrected chi connectivity index (χ4v) is 8.65. The van der Waals surface area contributed by atoms with Crippen LogP contribution < -0.4 is 22.3 Å². The first-order chi connectivity index (χ1) is 20.5. The Labute approximate surface area is 252 Å². The SMILES string of the molecule is CN(C)[C@@H]1C(=O)C(C(N)=O)C(=O)[C@@]2(C#N)C(=O)C3C(=O)c4c(O)cccc4C(=Cc4ccc(F)cc4)[C@@]3(N)[C@H](S(N)=O)[C@@]12N. The Hall–Kier alpha value is -4.46. The molecule has 0 heterocycles. The predicted octanol–water partition coefficient (Wildman–Crippen LogP) is -1.45. The smallest absolute Gasteiger partial charge is 0.235 e.